The van der Waals surface area contributed by atoms with Gasteiger partial charge in [0.15, 0.2) is 0 Å². The van der Waals surface area contributed by atoms with E-state index in [9.17, 15) is 0 Å². The quantitative estimate of drug-likeness (QED) is 0.653. The zero-order chi connectivity index (χ0) is 13.7. The second kappa shape index (κ2) is 6.56. The Labute approximate surface area is 117 Å². The van der Waals surface area contributed by atoms with Crippen molar-refractivity contribution in [3.05, 3.63) is 59.2 Å². The molecule has 0 spiro atoms. The second-order valence-corrected chi connectivity index (χ2v) is 5.31. The molecule has 2 aromatic carbocycles. The SMILES string of the molecule is CCCc1cc(C)c(-c2ccccc2)c(CCC)c1. The van der Waals surface area contributed by atoms with Crippen LogP contribution in [-0.4, -0.2) is 0 Å². The Morgan fingerprint density at radius 2 is 1.53 bits per heavy atom. The number of hydrogen-bond acceptors (Lipinski definition) is 0. The van der Waals surface area contributed by atoms with Gasteiger partial charge in [0.05, 0.1) is 0 Å². The Balaban J connectivity index is 2.52. The van der Waals surface area contributed by atoms with Crippen LogP contribution < -0.4 is 0 Å². The van der Waals surface area contributed by atoms with E-state index in [1.165, 1.54) is 53.5 Å². The van der Waals surface area contributed by atoms with Gasteiger partial charge in [0.25, 0.3) is 0 Å². The van der Waals surface area contributed by atoms with Crippen LogP contribution >= 0.6 is 0 Å². The highest BCUT2D eigenvalue weighted by Crippen LogP contribution is 2.30. The molecule has 0 saturated carbocycles. The molecule has 0 bridgehead atoms. The number of benzene rings is 2. The van der Waals surface area contributed by atoms with E-state index in [2.05, 4.69) is 63.2 Å². The molecule has 0 atom stereocenters. The summed E-state index contributed by atoms with van der Waals surface area (Å²) in [7, 11) is 0. The molecule has 0 heteroatoms. The molecule has 0 heterocycles. The van der Waals surface area contributed by atoms with Crippen molar-refractivity contribution in [2.75, 3.05) is 0 Å². The van der Waals surface area contributed by atoms with E-state index in [1.807, 2.05) is 0 Å². The third kappa shape index (κ3) is 3.26. The van der Waals surface area contributed by atoms with Gasteiger partial charge in [-0.05, 0) is 47.6 Å². The summed E-state index contributed by atoms with van der Waals surface area (Å²) in [6.45, 7) is 6.76. The lowest BCUT2D eigenvalue weighted by molar-refractivity contribution is 0.894. The maximum absolute atomic E-state index is 2.42. The molecule has 0 N–H and O–H groups in total. The summed E-state index contributed by atoms with van der Waals surface area (Å²) in [6.07, 6.45) is 4.78. The fraction of sp³-hybridized carbons (Fsp3) is 0.368. The van der Waals surface area contributed by atoms with Gasteiger partial charge in [0.2, 0.25) is 0 Å². The summed E-state index contributed by atoms with van der Waals surface area (Å²) >= 11 is 0. The molecule has 0 saturated heterocycles. The fourth-order valence-electron chi connectivity index (χ4n) is 2.86. The van der Waals surface area contributed by atoms with Crippen molar-refractivity contribution in [1.29, 1.82) is 0 Å². The van der Waals surface area contributed by atoms with Crippen molar-refractivity contribution < 1.29 is 0 Å². The highest BCUT2D eigenvalue weighted by Gasteiger charge is 2.09. The van der Waals surface area contributed by atoms with E-state index in [1.54, 1.807) is 0 Å². The molecule has 0 aliphatic carbocycles. The van der Waals surface area contributed by atoms with Gasteiger partial charge < -0.3 is 0 Å². The van der Waals surface area contributed by atoms with Crippen LogP contribution in [0, 0.1) is 6.92 Å². The molecule has 0 unspecified atom stereocenters. The molecule has 0 aliphatic rings. The van der Waals surface area contributed by atoms with Crippen LogP contribution in [0.4, 0.5) is 0 Å². The minimum atomic E-state index is 1.17. The van der Waals surface area contributed by atoms with Gasteiger partial charge in [0.1, 0.15) is 0 Å². The Bertz CT molecular complexity index is 523. The first kappa shape index (κ1) is 13.9. The van der Waals surface area contributed by atoms with E-state index in [4.69, 9.17) is 0 Å². The van der Waals surface area contributed by atoms with Crippen molar-refractivity contribution >= 4 is 0 Å². The summed E-state index contributed by atoms with van der Waals surface area (Å²) < 4.78 is 0. The van der Waals surface area contributed by atoms with E-state index in [0.29, 0.717) is 0 Å². The van der Waals surface area contributed by atoms with Crippen molar-refractivity contribution in [1.82, 2.24) is 0 Å². The highest BCUT2D eigenvalue weighted by atomic mass is 14.1. The average molecular weight is 252 g/mol. The first-order valence-electron chi connectivity index (χ1n) is 7.44. The van der Waals surface area contributed by atoms with Gasteiger partial charge in [-0.2, -0.15) is 0 Å². The Hall–Kier alpha value is -1.56. The van der Waals surface area contributed by atoms with Gasteiger partial charge in [0, 0.05) is 0 Å². The van der Waals surface area contributed by atoms with E-state index in [-0.39, 0.29) is 0 Å². The normalized spacial score (nSPS) is 10.7. The van der Waals surface area contributed by atoms with Gasteiger partial charge in [-0.25, -0.2) is 0 Å². The molecule has 0 nitrogen and oxygen atoms in total. The zero-order valence-electron chi connectivity index (χ0n) is 12.4. The Morgan fingerprint density at radius 3 is 2.16 bits per heavy atom. The Kier molecular flexibility index (Phi) is 4.79. The van der Waals surface area contributed by atoms with Crippen LogP contribution in [-0.2, 0) is 12.8 Å². The van der Waals surface area contributed by atoms with Crippen molar-refractivity contribution in [2.24, 2.45) is 0 Å². The van der Waals surface area contributed by atoms with Crippen molar-refractivity contribution in [2.45, 2.75) is 46.5 Å². The molecule has 0 fully saturated rings. The fourth-order valence-corrected chi connectivity index (χ4v) is 2.86. The van der Waals surface area contributed by atoms with Crippen LogP contribution in [0.3, 0.4) is 0 Å². The topological polar surface area (TPSA) is 0 Å². The molecule has 100 valence electrons. The molecule has 0 amide bonds. The number of rotatable bonds is 5. The number of aryl methyl sites for hydroxylation is 3. The first-order chi connectivity index (χ1) is 9.26. The predicted octanol–water partition coefficient (Wildman–Crippen LogP) is 5.57. The molecule has 2 rings (SSSR count). The van der Waals surface area contributed by atoms with Crippen LogP contribution in [0.1, 0.15) is 43.4 Å². The zero-order valence-corrected chi connectivity index (χ0v) is 12.4. The van der Waals surface area contributed by atoms with E-state index < -0.39 is 0 Å². The van der Waals surface area contributed by atoms with Gasteiger partial charge in [-0.15, -0.1) is 0 Å². The molecule has 0 radical (unpaired) electrons. The molecule has 0 aromatic heterocycles. The summed E-state index contributed by atoms with van der Waals surface area (Å²) in [5.74, 6) is 0. The van der Waals surface area contributed by atoms with E-state index >= 15 is 0 Å². The standard InChI is InChI=1S/C19H24/c1-4-9-16-13-15(3)19(18(14-16)10-5-2)17-11-7-6-8-12-17/h6-8,11-14H,4-5,9-10H2,1-3H3. The summed E-state index contributed by atoms with van der Waals surface area (Å²) in [6, 6.07) is 15.6. The highest BCUT2D eigenvalue weighted by molar-refractivity contribution is 5.71. The van der Waals surface area contributed by atoms with Crippen LogP contribution in [0.2, 0.25) is 0 Å². The second-order valence-electron chi connectivity index (χ2n) is 5.31. The lowest BCUT2D eigenvalue weighted by Crippen LogP contribution is -1.96. The van der Waals surface area contributed by atoms with Crippen LogP contribution in [0.15, 0.2) is 42.5 Å². The van der Waals surface area contributed by atoms with Gasteiger partial charge in [-0.3, -0.25) is 0 Å². The summed E-state index contributed by atoms with van der Waals surface area (Å²) in [4.78, 5) is 0. The predicted molar refractivity (Wildman–Crippen MR) is 84.6 cm³/mol. The van der Waals surface area contributed by atoms with Crippen LogP contribution in [0.5, 0.6) is 0 Å². The molecule has 0 aliphatic heterocycles. The maximum atomic E-state index is 2.42. The van der Waals surface area contributed by atoms with Gasteiger partial charge in [-0.1, -0.05) is 69.2 Å². The maximum Gasteiger partial charge on any atom is -0.0122 e. The molecule has 19 heavy (non-hydrogen) atoms. The first-order valence-corrected chi connectivity index (χ1v) is 7.44. The average Bonchev–Trinajstić information content (AvgIpc) is 2.40. The lowest BCUT2D eigenvalue weighted by atomic mass is 9.90. The molecule has 2 aromatic rings. The third-order valence-corrected chi connectivity index (χ3v) is 3.60. The van der Waals surface area contributed by atoms with Crippen molar-refractivity contribution in [3.63, 3.8) is 0 Å². The monoisotopic (exact) mass is 252 g/mol. The minimum Gasteiger partial charge on any atom is -0.0651 e. The Morgan fingerprint density at radius 1 is 0.842 bits per heavy atom. The van der Waals surface area contributed by atoms with E-state index in [0.717, 1.165) is 0 Å². The molecular formula is C19H24. The molecular weight excluding hydrogens is 228 g/mol. The minimum absolute atomic E-state index is 1.17. The summed E-state index contributed by atoms with van der Waals surface area (Å²) in [5.41, 5.74) is 7.22. The lowest BCUT2D eigenvalue weighted by Gasteiger charge is -2.15. The van der Waals surface area contributed by atoms with Crippen molar-refractivity contribution in [3.8, 4) is 11.1 Å². The third-order valence-electron chi connectivity index (χ3n) is 3.60. The summed E-state index contributed by atoms with van der Waals surface area (Å²) in [5, 5.41) is 0. The van der Waals surface area contributed by atoms with Crippen LogP contribution in [0.25, 0.3) is 11.1 Å². The smallest absolute Gasteiger partial charge is 0.0122 e. The van der Waals surface area contributed by atoms with Gasteiger partial charge >= 0.3 is 0 Å². The number of hydrogen-bond donors (Lipinski definition) is 0. The largest absolute Gasteiger partial charge is 0.0651 e.